The fraction of sp³-hybridized carbons (Fsp3) is 0.0469. The first-order valence-electron chi connectivity index (χ1n) is 22.9. The Balaban J connectivity index is 1.11. The van der Waals surface area contributed by atoms with Crippen LogP contribution >= 0.6 is 0 Å². The van der Waals surface area contributed by atoms with E-state index in [2.05, 4.69) is 218 Å². The first kappa shape index (κ1) is 38.2. The van der Waals surface area contributed by atoms with Gasteiger partial charge < -0.3 is 4.42 Å². The molecule has 1 unspecified atom stereocenters. The maximum absolute atomic E-state index is 7.22. The molecule has 0 radical (unpaired) electrons. The molecular weight excluding hydrogens is 799 g/mol. The summed E-state index contributed by atoms with van der Waals surface area (Å²) in [4.78, 5) is 5.89. The lowest BCUT2D eigenvalue weighted by Crippen LogP contribution is -2.15. The lowest BCUT2D eigenvalue weighted by molar-refractivity contribution is 0.665. The van der Waals surface area contributed by atoms with Gasteiger partial charge in [0.15, 0.2) is 0 Å². The number of aliphatic imine (C=N–C) groups is 1. The summed E-state index contributed by atoms with van der Waals surface area (Å²) in [5.74, 6) is -0.0104. The highest BCUT2D eigenvalue weighted by Gasteiger charge is 2.33. The van der Waals surface area contributed by atoms with Crippen LogP contribution in [0.2, 0.25) is 0 Å². The molecule has 2 heteroatoms. The Morgan fingerprint density at radius 1 is 0.500 bits per heavy atom. The molecule has 66 heavy (non-hydrogen) atoms. The summed E-state index contributed by atoms with van der Waals surface area (Å²) in [5, 5.41) is 9.47. The summed E-state index contributed by atoms with van der Waals surface area (Å²) in [6.45, 7) is 4.86. The maximum Gasteiger partial charge on any atom is 0.145 e. The largest absolute Gasteiger partial charge is 0.455 e. The number of fused-ring (bicyclic) bond motifs is 10. The number of hydrogen-bond donors (Lipinski definition) is 0. The van der Waals surface area contributed by atoms with Gasteiger partial charge >= 0.3 is 0 Å². The predicted octanol–water partition coefficient (Wildman–Crippen LogP) is 16.9. The molecule has 0 bridgehead atoms. The first-order chi connectivity index (χ1) is 32.6. The molecule has 1 atom stereocenters. The molecule has 0 spiro atoms. The Bertz CT molecular complexity index is 3870. The van der Waals surface area contributed by atoms with Gasteiger partial charge in [0, 0.05) is 34.2 Å². The topological polar surface area (TPSA) is 25.5 Å². The number of para-hydroxylation sites is 1. The summed E-state index contributed by atoms with van der Waals surface area (Å²) < 4.78 is 7.22. The molecule has 1 aliphatic carbocycles. The molecule has 2 aliphatic rings. The minimum Gasteiger partial charge on any atom is -0.455 e. The van der Waals surface area contributed by atoms with Crippen molar-refractivity contribution in [3.8, 4) is 22.3 Å². The predicted molar refractivity (Wildman–Crippen MR) is 278 cm³/mol. The number of rotatable bonds is 5. The molecule has 0 saturated carbocycles. The molecule has 0 saturated heterocycles. The third kappa shape index (κ3) is 6.21. The van der Waals surface area contributed by atoms with Crippen LogP contribution in [0.4, 0.5) is 0 Å². The molecule has 0 N–H and O–H groups in total. The van der Waals surface area contributed by atoms with Crippen LogP contribution in [0.5, 0.6) is 0 Å². The minimum atomic E-state index is -0.0104. The molecule has 1 aromatic heterocycles. The van der Waals surface area contributed by atoms with Crippen LogP contribution in [0.1, 0.15) is 45.7 Å². The summed E-state index contributed by atoms with van der Waals surface area (Å²) in [6, 6.07) is 74.8. The van der Waals surface area contributed by atoms with Gasteiger partial charge in [-0.15, -0.1) is 0 Å². The van der Waals surface area contributed by atoms with Crippen molar-refractivity contribution in [2.24, 2.45) is 4.99 Å². The molecular formula is C64H43NO. The smallest absolute Gasteiger partial charge is 0.145 e. The highest BCUT2D eigenvalue weighted by Crippen LogP contribution is 2.51. The van der Waals surface area contributed by atoms with E-state index in [4.69, 9.17) is 16.0 Å². The number of furan rings is 1. The van der Waals surface area contributed by atoms with Gasteiger partial charge in [0.05, 0.1) is 11.4 Å². The molecule has 10 aromatic carbocycles. The van der Waals surface area contributed by atoms with Crippen molar-refractivity contribution in [2.45, 2.75) is 18.8 Å². The Kier molecular flexibility index (Phi) is 8.92. The summed E-state index contributed by atoms with van der Waals surface area (Å²) in [7, 11) is 0. The van der Waals surface area contributed by atoms with Crippen LogP contribution in [0.3, 0.4) is 0 Å². The van der Waals surface area contributed by atoms with Crippen molar-refractivity contribution < 1.29 is 4.42 Å². The Hall–Kier alpha value is -8.33. The zero-order valence-electron chi connectivity index (χ0n) is 36.3. The Morgan fingerprint density at radius 2 is 1.12 bits per heavy atom. The quantitative estimate of drug-likeness (QED) is 0.169. The standard InChI is InChI=1S/C64H43NO/c1-40-36-59(65-58(52-28-15-21-43-18-7-8-22-49(43)52)35-34-48(40)44-32-30-42(31-33-44)41-16-3-2-4-17-41)63-61(53-25-11-12-26-54(53)62-55-27-13-14-29-60(55)66-64(62)63)57-39-47-37-45-19-5-6-20-46(45)38-56(47)50-23-9-10-24-51(50)57/h2-34,36-38,57H,1,35,39H2/b48-34+,59-36-,65-58+. The van der Waals surface area contributed by atoms with Crippen LogP contribution in [-0.4, -0.2) is 5.71 Å². The molecule has 310 valence electrons. The summed E-state index contributed by atoms with van der Waals surface area (Å²) in [5.41, 5.74) is 17.6. The number of nitrogens with zero attached hydrogens (tertiary/aromatic N) is 1. The van der Waals surface area contributed by atoms with E-state index in [0.717, 1.165) is 67.6 Å². The Morgan fingerprint density at radius 3 is 1.95 bits per heavy atom. The van der Waals surface area contributed by atoms with Gasteiger partial charge in [0.25, 0.3) is 0 Å². The second-order valence-corrected chi connectivity index (χ2v) is 17.7. The molecule has 2 nitrogen and oxygen atoms in total. The van der Waals surface area contributed by atoms with Crippen LogP contribution < -0.4 is 0 Å². The zero-order chi connectivity index (χ0) is 43.7. The third-order valence-electron chi connectivity index (χ3n) is 14.0. The van der Waals surface area contributed by atoms with E-state index in [1.54, 1.807) is 0 Å². The van der Waals surface area contributed by atoms with Crippen LogP contribution in [-0.2, 0) is 6.42 Å². The van der Waals surface area contributed by atoms with Gasteiger partial charge in [-0.1, -0.05) is 207 Å². The van der Waals surface area contributed by atoms with E-state index in [-0.39, 0.29) is 5.92 Å². The van der Waals surface area contributed by atoms with Gasteiger partial charge in [-0.25, -0.2) is 0 Å². The van der Waals surface area contributed by atoms with Gasteiger partial charge in [0.2, 0.25) is 0 Å². The fourth-order valence-electron chi connectivity index (χ4n) is 11.0. The van der Waals surface area contributed by atoms with E-state index >= 15 is 0 Å². The second kappa shape index (κ2) is 15.4. The van der Waals surface area contributed by atoms with Gasteiger partial charge in [0.1, 0.15) is 11.2 Å². The lowest BCUT2D eigenvalue weighted by atomic mass is 9.72. The molecule has 2 heterocycles. The van der Waals surface area contributed by atoms with Crippen molar-refractivity contribution >= 4 is 71.2 Å². The molecule has 11 aromatic rings. The summed E-state index contributed by atoms with van der Waals surface area (Å²) in [6.07, 6.45) is 5.99. The average Bonchev–Trinajstić information content (AvgIpc) is 3.76. The van der Waals surface area contributed by atoms with Crippen LogP contribution in [0.15, 0.2) is 240 Å². The first-order valence-corrected chi connectivity index (χ1v) is 22.9. The third-order valence-corrected chi connectivity index (χ3v) is 14.0. The Labute approximate surface area is 383 Å². The minimum absolute atomic E-state index is 0.0104. The second-order valence-electron chi connectivity index (χ2n) is 17.7. The summed E-state index contributed by atoms with van der Waals surface area (Å²) >= 11 is 0. The van der Waals surface area contributed by atoms with E-state index in [1.807, 2.05) is 0 Å². The van der Waals surface area contributed by atoms with Gasteiger partial charge in [-0.3, -0.25) is 4.99 Å². The molecule has 1 aliphatic heterocycles. The molecule has 0 fully saturated rings. The highest BCUT2D eigenvalue weighted by atomic mass is 16.3. The number of benzene rings is 10. The van der Waals surface area contributed by atoms with Crippen LogP contribution in [0, 0.1) is 0 Å². The number of allylic oxidation sites excluding steroid dienone is 4. The molecule has 13 rings (SSSR count). The van der Waals surface area contributed by atoms with Crippen molar-refractivity contribution in [3.05, 3.63) is 264 Å². The number of hydrogen-bond acceptors (Lipinski definition) is 2. The van der Waals surface area contributed by atoms with Crippen LogP contribution in [0.25, 0.3) is 87.8 Å². The molecule has 0 amide bonds. The normalized spacial score (nSPS) is 17.4. The maximum atomic E-state index is 7.22. The van der Waals surface area contributed by atoms with E-state index in [0.29, 0.717) is 6.42 Å². The van der Waals surface area contributed by atoms with E-state index in [9.17, 15) is 0 Å². The zero-order valence-corrected chi connectivity index (χ0v) is 36.3. The van der Waals surface area contributed by atoms with Crippen molar-refractivity contribution in [1.82, 2.24) is 0 Å². The van der Waals surface area contributed by atoms with Crippen molar-refractivity contribution in [1.29, 1.82) is 0 Å². The highest BCUT2D eigenvalue weighted by molar-refractivity contribution is 6.23. The monoisotopic (exact) mass is 841 g/mol. The SMILES string of the molecule is C=C1/C=C(c2c(C3Cc4cc5ccccc5cc4-c4ccccc43)c3ccccc3c3c2oc2ccccc23)\N=C(\c2cccc3ccccc23)C/C=C\1c1ccc(-c2ccccc2)cc1. The van der Waals surface area contributed by atoms with Crippen molar-refractivity contribution in [3.63, 3.8) is 0 Å². The lowest BCUT2D eigenvalue weighted by Gasteiger charge is -2.31. The van der Waals surface area contributed by atoms with Gasteiger partial charge in [-0.05, 0) is 113 Å². The van der Waals surface area contributed by atoms with Gasteiger partial charge in [-0.2, -0.15) is 0 Å². The van der Waals surface area contributed by atoms with E-state index < -0.39 is 0 Å². The average molecular weight is 842 g/mol. The fourth-order valence-corrected chi connectivity index (χ4v) is 11.0. The van der Waals surface area contributed by atoms with Crippen molar-refractivity contribution in [2.75, 3.05) is 0 Å². The van der Waals surface area contributed by atoms with E-state index in [1.165, 1.54) is 71.3 Å².